The Morgan fingerprint density at radius 3 is 2.71 bits per heavy atom. The van der Waals surface area contributed by atoms with Gasteiger partial charge in [-0.1, -0.05) is 34.1 Å². The van der Waals surface area contributed by atoms with E-state index in [4.69, 9.17) is 0 Å². The van der Waals surface area contributed by atoms with E-state index in [0.717, 1.165) is 21.3 Å². The van der Waals surface area contributed by atoms with Crippen LogP contribution in [0, 0.1) is 6.92 Å². The van der Waals surface area contributed by atoms with Gasteiger partial charge in [0.15, 0.2) is 0 Å². The molecule has 0 spiro atoms. The first-order valence-corrected chi connectivity index (χ1v) is 6.85. The van der Waals surface area contributed by atoms with Crippen molar-refractivity contribution in [3.8, 4) is 0 Å². The Labute approximate surface area is 118 Å². The molecule has 1 N–H and O–H groups in total. The highest BCUT2D eigenvalue weighted by atomic mass is 79.9. The van der Waals surface area contributed by atoms with Crippen molar-refractivity contribution in [1.82, 2.24) is 4.98 Å². The maximum atomic E-state index is 4.31. The van der Waals surface area contributed by atoms with Crippen molar-refractivity contribution in [1.29, 1.82) is 0 Å². The molecule has 0 fully saturated rings. The van der Waals surface area contributed by atoms with E-state index < -0.39 is 0 Å². The quantitative estimate of drug-likeness (QED) is 0.875. The lowest BCUT2D eigenvalue weighted by molar-refractivity contribution is 1.09. The SMILES string of the molecule is Cc1ccnc(NCc2ccccc2Br)c1Br. The van der Waals surface area contributed by atoms with Crippen molar-refractivity contribution >= 4 is 37.7 Å². The molecule has 1 aromatic heterocycles. The summed E-state index contributed by atoms with van der Waals surface area (Å²) in [5, 5.41) is 3.32. The molecule has 0 aliphatic carbocycles. The number of nitrogens with zero attached hydrogens (tertiary/aromatic N) is 1. The van der Waals surface area contributed by atoms with Gasteiger partial charge in [0.2, 0.25) is 0 Å². The summed E-state index contributed by atoms with van der Waals surface area (Å²) in [5.41, 5.74) is 2.39. The zero-order valence-electron chi connectivity index (χ0n) is 9.37. The standard InChI is InChI=1S/C13H12Br2N2/c1-9-6-7-16-13(12(9)15)17-8-10-4-2-3-5-11(10)14/h2-7H,8H2,1H3,(H,16,17). The first kappa shape index (κ1) is 12.6. The van der Waals surface area contributed by atoms with Gasteiger partial charge < -0.3 is 5.32 Å². The fourth-order valence-electron chi connectivity index (χ4n) is 1.48. The Balaban J connectivity index is 2.13. The number of benzene rings is 1. The first-order chi connectivity index (χ1) is 8.18. The number of rotatable bonds is 3. The summed E-state index contributed by atoms with van der Waals surface area (Å²) in [4.78, 5) is 4.31. The molecule has 0 saturated heterocycles. The molecule has 2 rings (SSSR count). The van der Waals surface area contributed by atoms with Crippen LogP contribution in [0.5, 0.6) is 0 Å². The third kappa shape index (κ3) is 3.07. The third-order valence-corrected chi connectivity index (χ3v) is 4.26. The van der Waals surface area contributed by atoms with E-state index in [1.165, 1.54) is 11.1 Å². The van der Waals surface area contributed by atoms with Gasteiger partial charge in [-0.15, -0.1) is 0 Å². The molecular formula is C13H12Br2N2. The van der Waals surface area contributed by atoms with Gasteiger partial charge in [0, 0.05) is 17.2 Å². The first-order valence-electron chi connectivity index (χ1n) is 5.27. The van der Waals surface area contributed by atoms with Crippen molar-refractivity contribution in [2.75, 3.05) is 5.32 Å². The zero-order valence-corrected chi connectivity index (χ0v) is 12.5. The van der Waals surface area contributed by atoms with E-state index in [2.05, 4.69) is 55.2 Å². The number of anilines is 1. The highest BCUT2D eigenvalue weighted by Gasteiger charge is 2.04. The maximum absolute atomic E-state index is 4.31. The Bertz CT molecular complexity index is 527. The predicted molar refractivity (Wildman–Crippen MR) is 78.1 cm³/mol. The minimum absolute atomic E-state index is 0.747. The second kappa shape index (κ2) is 5.65. The zero-order chi connectivity index (χ0) is 12.3. The van der Waals surface area contributed by atoms with Crippen molar-refractivity contribution in [3.63, 3.8) is 0 Å². The predicted octanol–water partition coefficient (Wildman–Crippen LogP) is 4.53. The molecule has 0 radical (unpaired) electrons. The van der Waals surface area contributed by atoms with Crippen molar-refractivity contribution < 1.29 is 0 Å². The summed E-state index contributed by atoms with van der Waals surface area (Å²) < 4.78 is 2.13. The van der Waals surface area contributed by atoms with Gasteiger partial charge in [-0.2, -0.15) is 0 Å². The van der Waals surface area contributed by atoms with E-state index in [1.54, 1.807) is 0 Å². The van der Waals surface area contributed by atoms with Crippen molar-refractivity contribution in [2.45, 2.75) is 13.5 Å². The fraction of sp³-hybridized carbons (Fsp3) is 0.154. The number of aryl methyl sites for hydroxylation is 1. The van der Waals surface area contributed by atoms with Crippen molar-refractivity contribution in [3.05, 3.63) is 56.6 Å². The number of hydrogen-bond acceptors (Lipinski definition) is 2. The number of hydrogen-bond donors (Lipinski definition) is 1. The molecule has 1 aromatic carbocycles. The molecular weight excluding hydrogens is 344 g/mol. The summed E-state index contributed by atoms with van der Waals surface area (Å²) in [6.45, 7) is 2.80. The van der Waals surface area contributed by atoms with E-state index in [0.29, 0.717) is 0 Å². The molecule has 0 atom stereocenters. The second-order valence-electron chi connectivity index (χ2n) is 3.74. The van der Waals surface area contributed by atoms with Crippen LogP contribution < -0.4 is 5.32 Å². The van der Waals surface area contributed by atoms with Crippen LogP contribution in [0.3, 0.4) is 0 Å². The molecule has 1 heterocycles. The molecule has 0 aliphatic rings. The summed E-state index contributed by atoms with van der Waals surface area (Å²) in [5.74, 6) is 0.876. The average Bonchev–Trinajstić information content (AvgIpc) is 2.33. The largest absolute Gasteiger partial charge is 0.365 e. The van der Waals surface area contributed by atoms with E-state index in [1.807, 2.05) is 30.5 Å². The number of halogens is 2. The third-order valence-electron chi connectivity index (χ3n) is 2.49. The maximum Gasteiger partial charge on any atom is 0.140 e. The molecule has 88 valence electrons. The summed E-state index contributed by atoms with van der Waals surface area (Å²) in [7, 11) is 0. The highest BCUT2D eigenvalue weighted by molar-refractivity contribution is 9.11. The molecule has 0 amide bonds. The smallest absolute Gasteiger partial charge is 0.140 e. The lowest BCUT2D eigenvalue weighted by Crippen LogP contribution is -2.03. The molecule has 2 aromatic rings. The lowest BCUT2D eigenvalue weighted by Gasteiger charge is -2.10. The molecule has 0 aliphatic heterocycles. The lowest BCUT2D eigenvalue weighted by atomic mass is 10.2. The summed E-state index contributed by atoms with van der Waals surface area (Å²) >= 11 is 7.07. The van der Waals surface area contributed by atoms with Crippen LogP contribution in [0.4, 0.5) is 5.82 Å². The molecule has 0 bridgehead atoms. The van der Waals surface area contributed by atoms with E-state index in [9.17, 15) is 0 Å². The second-order valence-corrected chi connectivity index (χ2v) is 5.38. The van der Waals surface area contributed by atoms with Gasteiger partial charge in [-0.3, -0.25) is 0 Å². The van der Waals surface area contributed by atoms with Crippen molar-refractivity contribution in [2.24, 2.45) is 0 Å². The normalized spacial score (nSPS) is 10.3. The van der Waals surface area contributed by atoms with Crippen LogP contribution in [-0.4, -0.2) is 4.98 Å². The van der Waals surface area contributed by atoms with Gasteiger partial charge in [0.1, 0.15) is 5.82 Å². The topological polar surface area (TPSA) is 24.9 Å². The van der Waals surface area contributed by atoms with Gasteiger partial charge in [0.05, 0.1) is 4.47 Å². The number of nitrogens with one attached hydrogen (secondary N) is 1. The van der Waals surface area contributed by atoms with Gasteiger partial charge >= 0.3 is 0 Å². The highest BCUT2D eigenvalue weighted by Crippen LogP contribution is 2.24. The monoisotopic (exact) mass is 354 g/mol. The Morgan fingerprint density at radius 2 is 1.94 bits per heavy atom. The number of pyridine rings is 1. The minimum atomic E-state index is 0.747. The Morgan fingerprint density at radius 1 is 1.18 bits per heavy atom. The fourth-order valence-corrected chi connectivity index (χ4v) is 2.28. The Kier molecular flexibility index (Phi) is 4.18. The van der Waals surface area contributed by atoms with Gasteiger partial charge in [-0.05, 0) is 46.1 Å². The summed E-state index contributed by atoms with van der Waals surface area (Å²) in [6.07, 6.45) is 1.81. The van der Waals surface area contributed by atoms with Gasteiger partial charge in [0.25, 0.3) is 0 Å². The summed E-state index contributed by atoms with van der Waals surface area (Å²) in [6, 6.07) is 10.1. The molecule has 17 heavy (non-hydrogen) atoms. The molecule has 0 unspecified atom stereocenters. The van der Waals surface area contributed by atoms with Crippen LogP contribution in [0.1, 0.15) is 11.1 Å². The van der Waals surface area contributed by atoms with Crippen LogP contribution >= 0.6 is 31.9 Å². The Hall–Kier alpha value is -0.870. The average molecular weight is 356 g/mol. The molecule has 4 heteroatoms. The van der Waals surface area contributed by atoms with E-state index in [-0.39, 0.29) is 0 Å². The van der Waals surface area contributed by atoms with Crippen LogP contribution in [0.2, 0.25) is 0 Å². The van der Waals surface area contributed by atoms with Crippen LogP contribution in [0.15, 0.2) is 45.5 Å². The van der Waals surface area contributed by atoms with Gasteiger partial charge in [-0.25, -0.2) is 4.98 Å². The van der Waals surface area contributed by atoms with Crippen LogP contribution in [-0.2, 0) is 6.54 Å². The minimum Gasteiger partial charge on any atom is -0.365 e. The molecule has 2 nitrogen and oxygen atoms in total. The molecule has 0 saturated carbocycles. The van der Waals surface area contributed by atoms with Crippen LogP contribution in [0.25, 0.3) is 0 Å². The number of aromatic nitrogens is 1. The van der Waals surface area contributed by atoms with E-state index >= 15 is 0 Å².